The van der Waals surface area contributed by atoms with E-state index in [1.165, 1.54) is 18.4 Å². The van der Waals surface area contributed by atoms with Crippen molar-refractivity contribution in [3.05, 3.63) is 35.9 Å². The van der Waals surface area contributed by atoms with Gasteiger partial charge in [0.15, 0.2) is 0 Å². The molecular formula is C16H25NO. The molecule has 1 aliphatic carbocycles. The summed E-state index contributed by atoms with van der Waals surface area (Å²) in [5.74, 6) is 1.29. The van der Waals surface area contributed by atoms with Gasteiger partial charge in [0.1, 0.15) is 0 Å². The fourth-order valence-corrected chi connectivity index (χ4v) is 2.57. The second-order valence-electron chi connectivity index (χ2n) is 5.73. The van der Waals surface area contributed by atoms with Crippen LogP contribution in [0.25, 0.3) is 0 Å². The Labute approximate surface area is 110 Å². The van der Waals surface area contributed by atoms with Crippen molar-refractivity contribution in [2.24, 2.45) is 5.92 Å². The van der Waals surface area contributed by atoms with Crippen LogP contribution in [0.4, 0.5) is 0 Å². The monoisotopic (exact) mass is 247 g/mol. The molecule has 1 aliphatic rings. The van der Waals surface area contributed by atoms with Crippen LogP contribution in [0, 0.1) is 5.92 Å². The summed E-state index contributed by atoms with van der Waals surface area (Å²) in [6, 6.07) is 11.1. The molecule has 0 radical (unpaired) electrons. The van der Waals surface area contributed by atoms with Crippen molar-refractivity contribution in [3.8, 4) is 0 Å². The molecule has 0 amide bonds. The summed E-state index contributed by atoms with van der Waals surface area (Å²) in [4.78, 5) is 0. The Morgan fingerprint density at radius 1 is 1.22 bits per heavy atom. The van der Waals surface area contributed by atoms with Gasteiger partial charge in [-0.05, 0) is 50.5 Å². The van der Waals surface area contributed by atoms with E-state index in [-0.39, 0.29) is 6.10 Å². The van der Waals surface area contributed by atoms with Crippen molar-refractivity contribution in [2.45, 2.75) is 51.2 Å². The van der Waals surface area contributed by atoms with E-state index >= 15 is 0 Å². The predicted molar refractivity (Wildman–Crippen MR) is 75.7 cm³/mol. The van der Waals surface area contributed by atoms with Gasteiger partial charge in [-0.3, -0.25) is 0 Å². The normalized spacial score (nSPS) is 20.4. The highest BCUT2D eigenvalue weighted by molar-refractivity contribution is 5.20. The van der Waals surface area contributed by atoms with Crippen LogP contribution in [0.15, 0.2) is 30.3 Å². The molecule has 2 heteroatoms. The molecule has 2 rings (SSSR count). The summed E-state index contributed by atoms with van der Waals surface area (Å²) in [6.45, 7) is 5.12. The molecule has 0 saturated heterocycles. The van der Waals surface area contributed by atoms with E-state index in [4.69, 9.17) is 0 Å². The van der Waals surface area contributed by atoms with E-state index < -0.39 is 0 Å². The topological polar surface area (TPSA) is 32.3 Å². The summed E-state index contributed by atoms with van der Waals surface area (Å²) in [5, 5.41) is 13.3. The van der Waals surface area contributed by atoms with Crippen LogP contribution in [0.1, 0.15) is 44.6 Å². The minimum Gasteiger partial charge on any atom is -0.393 e. The Kier molecular flexibility index (Phi) is 4.79. The van der Waals surface area contributed by atoms with E-state index in [1.807, 2.05) is 13.0 Å². The third-order valence-electron chi connectivity index (χ3n) is 3.91. The van der Waals surface area contributed by atoms with Crippen LogP contribution < -0.4 is 5.32 Å². The summed E-state index contributed by atoms with van der Waals surface area (Å²) in [5.41, 5.74) is 1.33. The zero-order valence-corrected chi connectivity index (χ0v) is 11.5. The van der Waals surface area contributed by atoms with Crippen LogP contribution in [0.3, 0.4) is 0 Å². The number of hydrogen-bond donors (Lipinski definition) is 2. The van der Waals surface area contributed by atoms with Crippen molar-refractivity contribution in [2.75, 3.05) is 6.54 Å². The first-order valence-corrected chi connectivity index (χ1v) is 7.13. The predicted octanol–water partition coefficient (Wildman–Crippen LogP) is 2.93. The molecule has 18 heavy (non-hydrogen) atoms. The Morgan fingerprint density at radius 2 is 1.89 bits per heavy atom. The number of nitrogens with one attached hydrogen (secondary N) is 1. The summed E-state index contributed by atoms with van der Waals surface area (Å²) in [7, 11) is 0. The largest absolute Gasteiger partial charge is 0.393 e. The Balaban J connectivity index is 1.92. The number of rotatable bonds is 7. The summed E-state index contributed by atoms with van der Waals surface area (Å²) in [6.07, 6.45) is 3.34. The van der Waals surface area contributed by atoms with Gasteiger partial charge in [0.2, 0.25) is 0 Å². The van der Waals surface area contributed by atoms with Gasteiger partial charge >= 0.3 is 0 Å². The summed E-state index contributed by atoms with van der Waals surface area (Å²) < 4.78 is 0. The molecule has 1 saturated carbocycles. The first-order chi connectivity index (χ1) is 8.66. The SMILES string of the molecule is CC(O)CC(CNC(C)C1CC1)c1ccccc1. The third kappa shape index (κ3) is 4.11. The average molecular weight is 247 g/mol. The average Bonchev–Trinajstić information content (AvgIpc) is 3.19. The Bertz CT molecular complexity index is 345. The molecule has 100 valence electrons. The van der Waals surface area contributed by atoms with E-state index in [1.54, 1.807) is 0 Å². The van der Waals surface area contributed by atoms with Crippen molar-refractivity contribution < 1.29 is 5.11 Å². The minimum atomic E-state index is -0.242. The lowest BCUT2D eigenvalue weighted by molar-refractivity contribution is 0.172. The number of benzene rings is 1. The van der Waals surface area contributed by atoms with Crippen LogP contribution in [0.5, 0.6) is 0 Å². The van der Waals surface area contributed by atoms with Gasteiger partial charge in [0, 0.05) is 12.6 Å². The van der Waals surface area contributed by atoms with Gasteiger partial charge in [0.05, 0.1) is 6.10 Å². The maximum absolute atomic E-state index is 9.64. The molecule has 3 atom stereocenters. The highest BCUT2D eigenvalue weighted by Gasteiger charge is 2.28. The van der Waals surface area contributed by atoms with Crippen LogP contribution >= 0.6 is 0 Å². The Hall–Kier alpha value is -0.860. The first kappa shape index (κ1) is 13.6. The lowest BCUT2D eigenvalue weighted by atomic mass is 9.93. The maximum atomic E-state index is 9.64. The van der Waals surface area contributed by atoms with E-state index in [9.17, 15) is 5.11 Å². The highest BCUT2D eigenvalue weighted by Crippen LogP contribution is 2.32. The molecule has 0 bridgehead atoms. The molecule has 0 aliphatic heterocycles. The zero-order valence-electron chi connectivity index (χ0n) is 11.5. The maximum Gasteiger partial charge on any atom is 0.0518 e. The van der Waals surface area contributed by atoms with E-state index in [0.29, 0.717) is 12.0 Å². The molecule has 2 nitrogen and oxygen atoms in total. The second kappa shape index (κ2) is 6.35. The second-order valence-corrected chi connectivity index (χ2v) is 5.73. The highest BCUT2D eigenvalue weighted by atomic mass is 16.3. The van der Waals surface area contributed by atoms with Crippen LogP contribution in [-0.4, -0.2) is 23.8 Å². The molecule has 0 spiro atoms. The lowest BCUT2D eigenvalue weighted by Gasteiger charge is -2.22. The smallest absolute Gasteiger partial charge is 0.0518 e. The lowest BCUT2D eigenvalue weighted by Crippen LogP contribution is -2.32. The standard InChI is InChI=1S/C16H25NO/c1-12(18)10-16(15-6-4-3-5-7-15)11-17-13(2)14-8-9-14/h3-7,12-14,16-18H,8-11H2,1-2H3. The molecule has 1 aromatic carbocycles. The van der Waals surface area contributed by atoms with Gasteiger partial charge in [-0.1, -0.05) is 30.3 Å². The van der Waals surface area contributed by atoms with Gasteiger partial charge in [0.25, 0.3) is 0 Å². The first-order valence-electron chi connectivity index (χ1n) is 7.13. The number of hydrogen-bond acceptors (Lipinski definition) is 2. The van der Waals surface area contributed by atoms with Crippen LogP contribution in [-0.2, 0) is 0 Å². The van der Waals surface area contributed by atoms with Crippen LogP contribution in [0.2, 0.25) is 0 Å². The van der Waals surface area contributed by atoms with Gasteiger partial charge in [-0.25, -0.2) is 0 Å². The molecule has 2 N–H and O–H groups in total. The molecule has 1 aromatic rings. The molecular weight excluding hydrogens is 222 g/mol. The fraction of sp³-hybridized carbons (Fsp3) is 0.625. The fourth-order valence-electron chi connectivity index (χ4n) is 2.57. The van der Waals surface area contributed by atoms with Crippen molar-refractivity contribution in [1.29, 1.82) is 0 Å². The van der Waals surface area contributed by atoms with E-state index in [2.05, 4.69) is 36.5 Å². The number of aliphatic hydroxyl groups excluding tert-OH is 1. The Morgan fingerprint density at radius 3 is 2.44 bits per heavy atom. The van der Waals surface area contributed by atoms with Crippen molar-refractivity contribution >= 4 is 0 Å². The third-order valence-corrected chi connectivity index (χ3v) is 3.91. The molecule has 3 unspecified atom stereocenters. The zero-order chi connectivity index (χ0) is 13.0. The van der Waals surface area contributed by atoms with Crippen molar-refractivity contribution in [3.63, 3.8) is 0 Å². The minimum absolute atomic E-state index is 0.242. The van der Waals surface area contributed by atoms with Gasteiger partial charge in [-0.15, -0.1) is 0 Å². The quantitative estimate of drug-likeness (QED) is 0.776. The molecule has 0 aromatic heterocycles. The van der Waals surface area contributed by atoms with E-state index in [0.717, 1.165) is 18.9 Å². The molecule has 1 fully saturated rings. The number of aliphatic hydroxyl groups is 1. The van der Waals surface area contributed by atoms with Gasteiger partial charge in [-0.2, -0.15) is 0 Å². The van der Waals surface area contributed by atoms with Gasteiger partial charge < -0.3 is 10.4 Å². The summed E-state index contributed by atoms with van der Waals surface area (Å²) >= 11 is 0. The molecule has 0 heterocycles. The van der Waals surface area contributed by atoms with Crippen molar-refractivity contribution in [1.82, 2.24) is 5.32 Å².